The van der Waals surface area contributed by atoms with Crippen LogP contribution in [0.15, 0.2) is 54.6 Å². The fraction of sp³-hybridized carbons (Fsp3) is 0.118. The maximum absolute atomic E-state index is 12.2. The predicted octanol–water partition coefficient (Wildman–Crippen LogP) is 4.37. The zero-order valence-corrected chi connectivity index (χ0v) is 11.2. The van der Waals surface area contributed by atoms with Gasteiger partial charge in [0.2, 0.25) is 0 Å². The Morgan fingerprint density at radius 2 is 2.05 bits per heavy atom. The molecule has 4 heteroatoms. The van der Waals surface area contributed by atoms with E-state index >= 15 is 0 Å². The molecule has 0 atom stereocenters. The Labute approximate surface area is 130 Å². The lowest BCUT2D eigenvalue weighted by atomic mass is 10.1. The van der Waals surface area contributed by atoms with Crippen molar-refractivity contribution in [1.29, 1.82) is 0 Å². The van der Waals surface area contributed by atoms with Gasteiger partial charge in [-0.3, -0.25) is 0 Å². The van der Waals surface area contributed by atoms with Crippen molar-refractivity contribution >= 4 is 28.3 Å². The van der Waals surface area contributed by atoms with Crippen LogP contribution in [0.2, 0.25) is 0 Å². The quantitative estimate of drug-likeness (QED) is 0.657. The second kappa shape index (κ2) is 5.71. The van der Waals surface area contributed by atoms with Gasteiger partial charge in [0.05, 0.1) is 11.2 Å². The van der Waals surface area contributed by atoms with Gasteiger partial charge >= 0.3 is 6.03 Å². The van der Waals surface area contributed by atoms with E-state index in [1.165, 1.54) is 6.20 Å². The van der Waals surface area contributed by atoms with Crippen LogP contribution in [0, 0.1) is 0 Å². The number of carbonyl (C=O) groups is 1. The number of rotatable bonds is 3. The van der Waals surface area contributed by atoms with Crippen molar-refractivity contribution < 1.29 is 11.6 Å². The molecule has 4 nitrogen and oxygen atoms in total. The Kier molecular flexibility index (Phi) is 2.32. The number of hydrogen-bond acceptors (Lipinski definition) is 1. The van der Waals surface area contributed by atoms with Crippen molar-refractivity contribution in [2.45, 2.75) is 13.3 Å². The monoisotopic (exact) mass is 284 g/mol. The summed E-state index contributed by atoms with van der Waals surface area (Å²) in [5.74, 6) is 0. The van der Waals surface area contributed by atoms with E-state index in [0.717, 1.165) is 5.56 Å². The maximum Gasteiger partial charge on any atom is 0.323 e. The minimum Gasteiger partial charge on any atom is -0.359 e. The first-order chi connectivity index (χ1) is 12.4. The van der Waals surface area contributed by atoms with Gasteiger partial charge in [0.25, 0.3) is 0 Å². The van der Waals surface area contributed by atoms with Crippen LogP contribution in [0.1, 0.15) is 19.3 Å². The molecule has 106 valence electrons. The molecule has 0 radical (unpaired) electrons. The lowest BCUT2D eigenvalue weighted by molar-refractivity contribution is 0.262. The Balaban J connectivity index is 1.81. The third-order valence-electron chi connectivity index (χ3n) is 3.07. The molecule has 0 fully saturated rings. The van der Waals surface area contributed by atoms with Crippen molar-refractivity contribution in [3.05, 3.63) is 60.2 Å². The van der Waals surface area contributed by atoms with Gasteiger partial charge < -0.3 is 15.6 Å². The fourth-order valence-corrected chi connectivity index (χ4v) is 1.98. The maximum atomic E-state index is 12.2. The van der Waals surface area contributed by atoms with E-state index in [-0.39, 0.29) is 40.8 Å². The zero-order chi connectivity index (χ0) is 18.8. The van der Waals surface area contributed by atoms with Crippen molar-refractivity contribution in [3.63, 3.8) is 0 Å². The number of carbonyl (C=O) groups excluding carboxylic acids is 1. The normalized spacial score (nSPS) is 13.8. The lowest BCUT2D eigenvalue weighted by Gasteiger charge is -2.07. The number of H-pyrrole nitrogens is 1. The summed E-state index contributed by atoms with van der Waals surface area (Å²) in [6, 6.07) is 5.57. The van der Waals surface area contributed by atoms with Crippen LogP contribution in [0.5, 0.6) is 0 Å². The summed E-state index contributed by atoms with van der Waals surface area (Å²) in [5, 5.41) is 5.51. The summed E-state index contributed by atoms with van der Waals surface area (Å²) in [5.41, 5.74) is 2.11. The molecule has 3 rings (SSSR count). The first-order valence-corrected chi connectivity index (χ1v) is 6.46. The SMILES string of the molecule is [2H]CCc1ccc(NC(=O)Nc2c[nH]c3c([2H])c([2H])c([2H])c([2H])c23)cc1. The molecule has 3 aromatic rings. The highest BCUT2D eigenvalue weighted by Crippen LogP contribution is 2.22. The molecule has 0 aliphatic rings. The Bertz CT molecular complexity index is 969. The molecule has 0 unspecified atom stereocenters. The molecular formula is C17H17N3O. The van der Waals surface area contributed by atoms with Crippen molar-refractivity contribution in [2.24, 2.45) is 0 Å². The van der Waals surface area contributed by atoms with Gasteiger partial charge in [-0.1, -0.05) is 37.2 Å². The minimum absolute atomic E-state index is 0.181. The van der Waals surface area contributed by atoms with Gasteiger partial charge in [-0.25, -0.2) is 4.79 Å². The predicted molar refractivity (Wildman–Crippen MR) is 86.8 cm³/mol. The number of aromatic amines is 1. The number of nitrogens with one attached hydrogen (secondary N) is 3. The molecule has 2 amide bonds. The highest BCUT2D eigenvalue weighted by Gasteiger charge is 2.07. The number of para-hydroxylation sites is 1. The number of benzene rings is 2. The number of aryl methyl sites for hydroxylation is 1. The third kappa shape index (κ3) is 2.89. The molecule has 0 spiro atoms. The van der Waals surface area contributed by atoms with E-state index in [0.29, 0.717) is 19.0 Å². The molecule has 0 aliphatic carbocycles. The Morgan fingerprint density at radius 3 is 2.86 bits per heavy atom. The van der Waals surface area contributed by atoms with Crippen LogP contribution < -0.4 is 10.6 Å². The second-order valence-electron chi connectivity index (χ2n) is 4.48. The summed E-state index contributed by atoms with van der Waals surface area (Å²) in [6.07, 6.45) is 2.09. The molecule has 21 heavy (non-hydrogen) atoms. The van der Waals surface area contributed by atoms with Gasteiger partial charge in [-0.15, -0.1) is 0 Å². The van der Waals surface area contributed by atoms with Crippen molar-refractivity contribution in [3.8, 4) is 0 Å². The first-order valence-electron chi connectivity index (χ1n) is 9.16. The van der Waals surface area contributed by atoms with Gasteiger partial charge in [-0.2, -0.15) is 0 Å². The molecule has 3 N–H and O–H groups in total. The highest BCUT2D eigenvalue weighted by atomic mass is 16.2. The van der Waals surface area contributed by atoms with Crippen LogP contribution in [0.3, 0.4) is 0 Å². The number of amides is 2. The second-order valence-corrected chi connectivity index (χ2v) is 4.48. The standard InChI is InChI=1S/C17H17N3O/c1-2-12-7-9-13(10-8-12)19-17(21)20-16-11-18-15-6-4-3-5-14(15)16/h3-11,18H,2H2,1H3,(H2,19,20,21)/i1D,3D,4D,5D,6D. The largest absolute Gasteiger partial charge is 0.359 e. The summed E-state index contributed by atoms with van der Waals surface area (Å²) < 4.78 is 38.6. The zero-order valence-electron chi connectivity index (χ0n) is 16.2. The van der Waals surface area contributed by atoms with Gasteiger partial charge in [0, 0.05) is 24.2 Å². The summed E-state index contributed by atoms with van der Waals surface area (Å²) in [7, 11) is 0. The molecule has 0 saturated carbocycles. The van der Waals surface area contributed by atoms with Crippen LogP contribution in [0.4, 0.5) is 16.2 Å². The smallest absolute Gasteiger partial charge is 0.323 e. The molecule has 0 bridgehead atoms. The Hall–Kier alpha value is -2.75. The van der Waals surface area contributed by atoms with Crippen LogP contribution in [-0.4, -0.2) is 11.0 Å². The fourth-order valence-electron chi connectivity index (χ4n) is 1.98. The molecule has 0 aliphatic heterocycles. The first kappa shape index (κ1) is 8.52. The topological polar surface area (TPSA) is 56.9 Å². The van der Waals surface area contributed by atoms with Crippen LogP contribution >= 0.6 is 0 Å². The average Bonchev–Trinajstić information content (AvgIpc) is 3.03. The highest BCUT2D eigenvalue weighted by molar-refractivity contribution is 6.05. The van der Waals surface area contributed by atoms with Crippen LogP contribution in [0.25, 0.3) is 10.9 Å². The van der Waals surface area contributed by atoms with Crippen molar-refractivity contribution in [1.82, 2.24) is 4.98 Å². The molecular weight excluding hydrogens is 262 g/mol. The average molecular weight is 284 g/mol. The number of urea groups is 1. The van der Waals surface area contributed by atoms with E-state index in [1.807, 2.05) is 12.1 Å². The third-order valence-corrected chi connectivity index (χ3v) is 3.07. The van der Waals surface area contributed by atoms with Crippen LogP contribution in [-0.2, 0) is 6.42 Å². The van der Waals surface area contributed by atoms with E-state index in [9.17, 15) is 4.79 Å². The summed E-state index contributed by atoms with van der Waals surface area (Å²) in [6.45, 7) is 0.305. The van der Waals surface area contributed by atoms with Gasteiger partial charge in [-0.05, 0) is 30.2 Å². The van der Waals surface area contributed by atoms with E-state index in [1.54, 1.807) is 12.1 Å². The van der Waals surface area contributed by atoms with Gasteiger partial charge in [0.1, 0.15) is 0 Å². The van der Waals surface area contributed by atoms with E-state index in [2.05, 4.69) is 15.6 Å². The van der Waals surface area contributed by atoms with Gasteiger partial charge in [0.15, 0.2) is 0 Å². The number of aromatic nitrogens is 1. The number of anilines is 2. The molecule has 0 saturated heterocycles. The lowest BCUT2D eigenvalue weighted by Crippen LogP contribution is -2.19. The minimum atomic E-state index is -0.522. The molecule has 1 heterocycles. The van der Waals surface area contributed by atoms with Crippen molar-refractivity contribution in [2.75, 3.05) is 10.6 Å². The Morgan fingerprint density at radius 1 is 1.24 bits per heavy atom. The summed E-state index contributed by atoms with van der Waals surface area (Å²) in [4.78, 5) is 15.0. The number of hydrogen-bond donors (Lipinski definition) is 3. The molecule has 2 aromatic carbocycles. The number of fused-ring (bicyclic) bond motifs is 1. The van der Waals surface area contributed by atoms with E-state index in [4.69, 9.17) is 6.85 Å². The van der Waals surface area contributed by atoms with E-state index < -0.39 is 6.03 Å². The molecule has 1 aromatic heterocycles. The summed E-state index contributed by atoms with van der Waals surface area (Å²) >= 11 is 0.